The van der Waals surface area contributed by atoms with Gasteiger partial charge in [-0.1, -0.05) is 50.6 Å². The molecule has 0 aliphatic rings. The summed E-state index contributed by atoms with van der Waals surface area (Å²) in [7, 11) is -3.75. The molecule has 0 unspecified atom stereocenters. The van der Waals surface area contributed by atoms with Gasteiger partial charge in [-0.25, -0.2) is 8.42 Å². The van der Waals surface area contributed by atoms with E-state index in [-0.39, 0.29) is 19.0 Å². The van der Waals surface area contributed by atoms with Crippen LogP contribution < -0.4 is 9.62 Å². The lowest BCUT2D eigenvalue weighted by Crippen LogP contribution is -2.52. The van der Waals surface area contributed by atoms with Crippen LogP contribution in [-0.4, -0.2) is 50.5 Å². The van der Waals surface area contributed by atoms with Gasteiger partial charge in [0.25, 0.3) is 0 Å². The van der Waals surface area contributed by atoms with Crippen LogP contribution in [0.25, 0.3) is 0 Å². The topological polar surface area (TPSA) is 86.8 Å². The molecule has 0 aliphatic heterocycles. The first-order chi connectivity index (χ1) is 16.5. The number of hydrogen-bond donors (Lipinski definition) is 1. The van der Waals surface area contributed by atoms with E-state index < -0.39 is 22.0 Å². The van der Waals surface area contributed by atoms with E-state index >= 15 is 0 Å². The molecular formula is C27H39N3O4S. The molecule has 2 rings (SSSR count). The summed E-state index contributed by atoms with van der Waals surface area (Å²) in [6.45, 7) is 10.0. The highest BCUT2D eigenvalue weighted by molar-refractivity contribution is 7.92. The third-order valence-electron chi connectivity index (χ3n) is 5.99. The van der Waals surface area contributed by atoms with Crippen LogP contribution in [0.1, 0.15) is 55.4 Å². The summed E-state index contributed by atoms with van der Waals surface area (Å²) < 4.78 is 26.6. The van der Waals surface area contributed by atoms with Gasteiger partial charge in [0.1, 0.15) is 12.6 Å². The van der Waals surface area contributed by atoms with Crippen molar-refractivity contribution in [1.82, 2.24) is 10.2 Å². The van der Waals surface area contributed by atoms with Crippen molar-refractivity contribution < 1.29 is 18.0 Å². The summed E-state index contributed by atoms with van der Waals surface area (Å²) in [5.74, 6) is -0.643. The van der Waals surface area contributed by atoms with Crippen LogP contribution in [0.4, 0.5) is 5.69 Å². The highest BCUT2D eigenvalue weighted by Crippen LogP contribution is 2.23. The normalized spacial score (nSPS) is 12.2. The van der Waals surface area contributed by atoms with E-state index in [1.165, 1.54) is 4.90 Å². The number of nitrogens with one attached hydrogen (secondary N) is 1. The molecule has 2 aromatic rings. The van der Waals surface area contributed by atoms with Crippen LogP contribution in [0.3, 0.4) is 0 Å². The molecule has 0 saturated heterocycles. The number of unbranched alkanes of at least 4 members (excludes halogenated alkanes) is 1. The second-order valence-corrected chi connectivity index (χ2v) is 11.0. The zero-order valence-electron chi connectivity index (χ0n) is 21.8. The number of carbonyl (C=O) groups excluding carboxylic acids is 2. The summed E-state index contributed by atoms with van der Waals surface area (Å²) in [5, 5.41) is 2.94. The van der Waals surface area contributed by atoms with Crippen molar-refractivity contribution in [3.63, 3.8) is 0 Å². The summed E-state index contributed by atoms with van der Waals surface area (Å²) in [4.78, 5) is 28.3. The second kappa shape index (κ2) is 12.7. The smallest absolute Gasteiger partial charge is 0.244 e. The minimum absolute atomic E-state index is 0.218. The fourth-order valence-corrected chi connectivity index (χ4v) is 4.94. The predicted octanol–water partition coefficient (Wildman–Crippen LogP) is 4.10. The Morgan fingerprint density at radius 2 is 1.63 bits per heavy atom. The molecule has 0 fully saturated rings. The molecule has 2 amide bonds. The van der Waals surface area contributed by atoms with Gasteiger partial charge in [-0.3, -0.25) is 13.9 Å². The molecule has 0 radical (unpaired) electrons. The Labute approximate surface area is 210 Å². The van der Waals surface area contributed by atoms with Gasteiger partial charge >= 0.3 is 0 Å². The van der Waals surface area contributed by atoms with E-state index in [1.807, 2.05) is 65.0 Å². The largest absolute Gasteiger partial charge is 0.354 e. The Kier molecular flexibility index (Phi) is 10.3. The molecular weight excluding hydrogens is 462 g/mol. The Morgan fingerprint density at radius 1 is 1.00 bits per heavy atom. The molecule has 7 nitrogen and oxygen atoms in total. The molecule has 1 N–H and O–H groups in total. The minimum Gasteiger partial charge on any atom is -0.354 e. The number of nitrogens with zero attached hydrogens (tertiary/aromatic N) is 2. The number of aryl methyl sites for hydroxylation is 3. The van der Waals surface area contributed by atoms with E-state index in [0.717, 1.165) is 45.7 Å². The predicted molar refractivity (Wildman–Crippen MR) is 142 cm³/mol. The van der Waals surface area contributed by atoms with Crippen molar-refractivity contribution in [1.29, 1.82) is 0 Å². The average molecular weight is 502 g/mol. The number of benzene rings is 2. The van der Waals surface area contributed by atoms with Gasteiger partial charge in [0.15, 0.2) is 0 Å². The average Bonchev–Trinajstić information content (AvgIpc) is 2.77. The SMILES string of the molecule is CCCCNC(=O)[C@@H](CC)N(Cc1ccccc1C)C(=O)CN(c1cc(C)cc(C)c1)S(C)(=O)=O. The maximum atomic E-state index is 13.7. The quantitative estimate of drug-likeness (QED) is 0.444. The maximum Gasteiger partial charge on any atom is 0.244 e. The molecule has 35 heavy (non-hydrogen) atoms. The van der Waals surface area contributed by atoms with Crippen LogP contribution in [0.15, 0.2) is 42.5 Å². The molecule has 0 saturated carbocycles. The van der Waals surface area contributed by atoms with E-state index in [0.29, 0.717) is 18.7 Å². The first-order valence-electron chi connectivity index (χ1n) is 12.2. The lowest BCUT2D eigenvalue weighted by Gasteiger charge is -2.33. The number of amides is 2. The van der Waals surface area contributed by atoms with Crippen molar-refractivity contribution >= 4 is 27.5 Å². The van der Waals surface area contributed by atoms with Crippen LogP contribution in [0, 0.1) is 20.8 Å². The number of anilines is 1. The van der Waals surface area contributed by atoms with Crippen molar-refractivity contribution in [2.45, 2.75) is 66.5 Å². The Hall–Kier alpha value is -2.87. The number of rotatable bonds is 12. The first kappa shape index (κ1) is 28.4. The van der Waals surface area contributed by atoms with Crippen LogP contribution in [-0.2, 0) is 26.2 Å². The Morgan fingerprint density at radius 3 is 2.17 bits per heavy atom. The summed E-state index contributed by atoms with van der Waals surface area (Å²) >= 11 is 0. The lowest BCUT2D eigenvalue weighted by molar-refractivity contribution is -0.140. The first-order valence-corrected chi connectivity index (χ1v) is 14.0. The van der Waals surface area contributed by atoms with Crippen molar-refractivity contribution in [2.24, 2.45) is 0 Å². The minimum atomic E-state index is -3.75. The molecule has 192 valence electrons. The van der Waals surface area contributed by atoms with Gasteiger partial charge in [0.05, 0.1) is 11.9 Å². The van der Waals surface area contributed by atoms with E-state index in [9.17, 15) is 18.0 Å². The summed E-state index contributed by atoms with van der Waals surface area (Å²) in [5.41, 5.74) is 4.16. The van der Waals surface area contributed by atoms with E-state index in [4.69, 9.17) is 0 Å². The van der Waals surface area contributed by atoms with Gasteiger partial charge in [0, 0.05) is 13.1 Å². The maximum absolute atomic E-state index is 13.7. The van der Waals surface area contributed by atoms with Crippen molar-refractivity contribution in [3.8, 4) is 0 Å². The highest BCUT2D eigenvalue weighted by Gasteiger charge is 2.32. The molecule has 0 aromatic heterocycles. The third-order valence-corrected chi connectivity index (χ3v) is 7.13. The van der Waals surface area contributed by atoms with E-state index in [2.05, 4.69) is 5.32 Å². The van der Waals surface area contributed by atoms with Gasteiger partial charge in [-0.15, -0.1) is 0 Å². The zero-order chi connectivity index (χ0) is 26.2. The van der Waals surface area contributed by atoms with Crippen molar-refractivity contribution in [2.75, 3.05) is 23.7 Å². The highest BCUT2D eigenvalue weighted by atomic mass is 32.2. The van der Waals surface area contributed by atoms with Crippen molar-refractivity contribution in [3.05, 3.63) is 64.7 Å². The molecule has 0 heterocycles. The summed E-state index contributed by atoms with van der Waals surface area (Å²) in [6.07, 6.45) is 3.31. The monoisotopic (exact) mass is 501 g/mol. The van der Waals surface area contributed by atoms with Crippen LogP contribution in [0.2, 0.25) is 0 Å². The number of carbonyl (C=O) groups is 2. The molecule has 1 atom stereocenters. The molecule has 0 bridgehead atoms. The molecule has 2 aromatic carbocycles. The Bertz CT molecular complexity index is 1110. The number of hydrogen-bond acceptors (Lipinski definition) is 4. The summed E-state index contributed by atoms with van der Waals surface area (Å²) in [6, 6.07) is 12.4. The molecule has 8 heteroatoms. The van der Waals surface area contributed by atoms with Gasteiger partial charge in [-0.05, 0) is 68.0 Å². The number of sulfonamides is 1. The van der Waals surface area contributed by atoms with Crippen LogP contribution >= 0.6 is 0 Å². The molecule has 0 aliphatic carbocycles. The fourth-order valence-electron chi connectivity index (χ4n) is 4.11. The standard InChI is InChI=1S/C27H39N3O4S/c1-7-9-14-28-27(32)25(8-2)29(18-23-13-11-10-12-22(23)5)26(31)19-30(35(6,33)34)24-16-20(3)15-21(4)17-24/h10-13,15-17,25H,7-9,14,18-19H2,1-6H3,(H,28,32)/t25-/m1/s1. The third kappa shape index (κ3) is 8.09. The Balaban J connectivity index is 2.45. The fraction of sp³-hybridized carbons (Fsp3) is 0.481. The second-order valence-electron chi connectivity index (χ2n) is 9.13. The zero-order valence-corrected chi connectivity index (χ0v) is 22.6. The lowest BCUT2D eigenvalue weighted by atomic mass is 10.1. The van der Waals surface area contributed by atoms with Gasteiger partial charge in [-0.2, -0.15) is 0 Å². The van der Waals surface area contributed by atoms with E-state index in [1.54, 1.807) is 12.1 Å². The van der Waals surface area contributed by atoms with Crippen LogP contribution in [0.5, 0.6) is 0 Å². The van der Waals surface area contributed by atoms with Gasteiger partial charge in [0.2, 0.25) is 21.8 Å². The van der Waals surface area contributed by atoms with Gasteiger partial charge < -0.3 is 10.2 Å². The molecule has 0 spiro atoms.